The SMILES string of the molecule is Cc1cccc(C(=O)NCC2CNCC2O)c1C.Cl. The third-order valence-corrected chi connectivity index (χ3v) is 3.68. The zero-order valence-corrected chi connectivity index (χ0v) is 12.1. The number of aliphatic hydroxyl groups excluding tert-OH is 1. The minimum absolute atomic E-state index is 0. The highest BCUT2D eigenvalue weighted by Gasteiger charge is 2.25. The number of hydrogen-bond acceptors (Lipinski definition) is 3. The van der Waals surface area contributed by atoms with E-state index in [0.717, 1.165) is 23.2 Å². The third kappa shape index (κ3) is 3.69. The molecule has 3 N–H and O–H groups in total. The summed E-state index contributed by atoms with van der Waals surface area (Å²) in [4.78, 5) is 12.1. The van der Waals surface area contributed by atoms with Crippen LogP contribution in [0.2, 0.25) is 0 Å². The molecule has 4 nitrogen and oxygen atoms in total. The van der Waals surface area contributed by atoms with Gasteiger partial charge in [0.25, 0.3) is 5.91 Å². The van der Waals surface area contributed by atoms with Gasteiger partial charge in [0.2, 0.25) is 0 Å². The highest BCUT2D eigenvalue weighted by Crippen LogP contribution is 2.13. The van der Waals surface area contributed by atoms with Gasteiger partial charge in [-0.15, -0.1) is 12.4 Å². The van der Waals surface area contributed by atoms with Crippen LogP contribution in [-0.2, 0) is 0 Å². The molecule has 106 valence electrons. The van der Waals surface area contributed by atoms with Crippen molar-refractivity contribution in [2.24, 2.45) is 5.92 Å². The summed E-state index contributed by atoms with van der Waals surface area (Å²) in [5, 5.41) is 15.7. The smallest absolute Gasteiger partial charge is 0.251 e. The average molecular weight is 285 g/mol. The second-order valence-electron chi connectivity index (χ2n) is 4.94. The van der Waals surface area contributed by atoms with E-state index in [1.54, 1.807) is 0 Å². The Morgan fingerprint density at radius 1 is 1.42 bits per heavy atom. The van der Waals surface area contributed by atoms with Crippen LogP contribution in [0.5, 0.6) is 0 Å². The van der Waals surface area contributed by atoms with Crippen LogP contribution < -0.4 is 10.6 Å². The highest BCUT2D eigenvalue weighted by atomic mass is 35.5. The number of carbonyl (C=O) groups excluding carboxylic acids is 1. The molecule has 0 aromatic heterocycles. The number of β-amino-alcohol motifs (C(OH)–C–C–N with tert-alkyl or cyclic N) is 1. The van der Waals surface area contributed by atoms with E-state index in [-0.39, 0.29) is 30.3 Å². The van der Waals surface area contributed by atoms with Crippen LogP contribution in [0.25, 0.3) is 0 Å². The molecular weight excluding hydrogens is 264 g/mol. The lowest BCUT2D eigenvalue weighted by molar-refractivity contribution is 0.0926. The lowest BCUT2D eigenvalue weighted by Gasteiger charge is -2.15. The van der Waals surface area contributed by atoms with Gasteiger partial charge in [0.1, 0.15) is 0 Å². The van der Waals surface area contributed by atoms with Crippen molar-refractivity contribution in [3.63, 3.8) is 0 Å². The van der Waals surface area contributed by atoms with Crippen molar-refractivity contribution in [2.45, 2.75) is 20.0 Å². The van der Waals surface area contributed by atoms with Gasteiger partial charge in [-0.05, 0) is 31.0 Å². The Morgan fingerprint density at radius 2 is 2.16 bits per heavy atom. The summed E-state index contributed by atoms with van der Waals surface area (Å²) in [6.45, 7) is 5.84. The number of rotatable bonds is 3. The van der Waals surface area contributed by atoms with Crippen molar-refractivity contribution in [3.05, 3.63) is 34.9 Å². The molecule has 1 aromatic carbocycles. The molecule has 1 aliphatic heterocycles. The molecule has 1 saturated heterocycles. The third-order valence-electron chi connectivity index (χ3n) is 3.68. The summed E-state index contributed by atoms with van der Waals surface area (Å²) in [5.41, 5.74) is 2.85. The molecular formula is C14H21ClN2O2. The maximum Gasteiger partial charge on any atom is 0.251 e. The van der Waals surface area contributed by atoms with E-state index in [9.17, 15) is 9.90 Å². The number of aliphatic hydroxyl groups is 1. The van der Waals surface area contributed by atoms with E-state index < -0.39 is 0 Å². The number of benzene rings is 1. The fourth-order valence-corrected chi connectivity index (χ4v) is 2.24. The standard InChI is InChI=1S/C14H20N2O2.ClH/c1-9-4-3-5-12(10(9)2)14(18)16-7-11-6-15-8-13(11)17;/h3-5,11,13,15,17H,6-8H2,1-2H3,(H,16,18);1H. The van der Waals surface area contributed by atoms with Gasteiger partial charge in [-0.3, -0.25) is 4.79 Å². The number of amides is 1. The number of hydrogen-bond donors (Lipinski definition) is 3. The van der Waals surface area contributed by atoms with E-state index >= 15 is 0 Å². The highest BCUT2D eigenvalue weighted by molar-refractivity contribution is 5.95. The lowest BCUT2D eigenvalue weighted by atomic mass is 10.0. The van der Waals surface area contributed by atoms with Crippen LogP contribution in [0.15, 0.2) is 18.2 Å². The topological polar surface area (TPSA) is 61.4 Å². The van der Waals surface area contributed by atoms with Crippen LogP contribution in [0, 0.1) is 19.8 Å². The largest absolute Gasteiger partial charge is 0.391 e. The molecule has 0 bridgehead atoms. The molecule has 0 aliphatic carbocycles. The van der Waals surface area contributed by atoms with Gasteiger partial charge in [-0.2, -0.15) is 0 Å². The van der Waals surface area contributed by atoms with Gasteiger partial charge in [0.05, 0.1) is 6.10 Å². The first-order chi connectivity index (χ1) is 8.59. The van der Waals surface area contributed by atoms with E-state index in [1.165, 1.54) is 0 Å². The maximum atomic E-state index is 12.1. The monoisotopic (exact) mass is 284 g/mol. The number of carbonyl (C=O) groups is 1. The predicted octanol–water partition coefficient (Wildman–Crippen LogP) is 1.04. The van der Waals surface area contributed by atoms with Crippen molar-refractivity contribution in [1.82, 2.24) is 10.6 Å². The van der Waals surface area contributed by atoms with Gasteiger partial charge >= 0.3 is 0 Å². The molecule has 2 rings (SSSR count). The molecule has 0 spiro atoms. The van der Waals surface area contributed by atoms with E-state index in [2.05, 4.69) is 10.6 Å². The van der Waals surface area contributed by atoms with Crippen molar-refractivity contribution in [2.75, 3.05) is 19.6 Å². The normalized spacial score (nSPS) is 21.8. The number of halogens is 1. The first-order valence-corrected chi connectivity index (χ1v) is 6.33. The average Bonchev–Trinajstić information content (AvgIpc) is 2.75. The van der Waals surface area contributed by atoms with E-state index in [0.29, 0.717) is 13.1 Å². The molecule has 19 heavy (non-hydrogen) atoms. The van der Waals surface area contributed by atoms with Gasteiger partial charge in [-0.25, -0.2) is 0 Å². The molecule has 1 aromatic rings. The summed E-state index contributed by atoms with van der Waals surface area (Å²) >= 11 is 0. The van der Waals surface area contributed by atoms with Crippen molar-refractivity contribution >= 4 is 18.3 Å². The van der Waals surface area contributed by atoms with Crippen LogP contribution in [0.4, 0.5) is 0 Å². The summed E-state index contributed by atoms with van der Waals surface area (Å²) in [6.07, 6.45) is -0.357. The minimum Gasteiger partial charge on any atom is -0.391 e. The second-order valence-corrected chi connectivity index (χ2v) is 4.94. The van der Waals surface area contributed by atoms with Crippen LogP contribution in [-0.4, -0.2) is 36.8 Å². The first-order valence-electron chi connectivity index (χ1n) is 6.33. The Morgan fingerprint density at radius 3 is 2.79 bits per heavy atom. The molecule has 1 heterocycles. The number of aryl methyl sites for hydroxylation is 1. The molecule has 1 aliphatic rings. The summed E-state index contributed by atoms with van der Waals surface area (Å²) in [5.74, 6) is 0.0503. The Balaban J connectivity index is 0.00000180. The van der Waals surface area contributed by atoms with Crippen molar-refractivity contribution in [3.8, 4) is 0 Å². The van der Waals surface area contributed by atoms with Crippen LogP contribution in [0.3, 0.4) is 0 Å². The van der Waals surface area contributed by atoms with E-state index in [4.69, 9.17) is 0 Å². The predicted molar refractivity (Wildman–Crippen MR) is 77.9 cm³/mol. The molecule has 0 radical (unpaired) electrons. The quantitative estimate of drug-likeness (QED) is 0.777. The zero-order chi connectivity index (χ0) is 13.1. The van der Waals surface area contributed by atoms with Gasteiger partial charge in [0, 0.05) is 31.1 Å². The minimum atomic E-state index is -0.357. The fraction of sp³-hybridized carbons (Fsp3) is 0.500. The second kappa shape index (κ2) is 6.89. The fourth-order valence-electron chi connectivity index (χ4n) is 2.24. The van der Waals surface area contributed by atoms with Crippen LogP contribution in [0.1, 0.15) is 21.5 Å². The van der Waals surface area contributed by atoms with Crippen molar-refractivity contribution < 1.29 is 9.90 Å². The lowest BCUT2D eigenvalue weighted by Crippen LogP contribution is -2.34. The molecule has 2 atom stereocenters. The Kier molecular flexibility index (Phi) is 5.79. The molecule has 0 saturated carbocycles. The molecule has 2 unspecified atom stereocenters. The molecule has 1 fully saturated rings. The first kappa shape index (κ1) is 16.0. The van der Waals surface area contributed by atoms with Gasteiger partial charge in [0.15, 0.2) is 0 Å². The maximum absolute atomic E-state index is 12.1. The summed E-state index contributed by atoms with van der Waals surface area (Å²) < 4.78 is 0. The Hall–Kier alpha value is -1.10. The van der Waals surface area contributed by atoms with Gasteiger partial charge < -0.3 is 15.7 Å². The number of nitrogens with one attached hydrogen (secondary N) is 2. The van der Waals surface area contributed by atoms with Gasteiger partial charge in [-0.1, -0.05) is 12.1 Å². The Labute approximate surface area is 120 Å². The molecule has 1 amide bonds. The zero-order valence-electron chi connectivity index (χ0n) is 11.3. The van der Waals surface area contributed by atoms with Crippen LogP contribution >= 0.6 is 12.4 Å². The Bertz CT molecular complexity index is 451. The summed E-state index contributed by atoms with van der Waals surface area (Å²) in [6, 6.07) is 5.72. The van der Waals surface area contributed by atoms with E-state index in [1.807, 2.05) is 32.0 Å². The molecule has 5 heteroatoms. The van der Waals surface area contributed by atoms with Crippen molar-refractivity contribution in [1.29, 1.82) is 0 Å². The summed E-state index contributed by atoms with van der Waals surface area (Å²) in [7, 11) is 0.